The van der Waals surface area contributed by atoms with Gasteiger partial charge in [-0.2, -0.15) is 0 Å². The molecule has 92 valence electrons. The lowest BCUT2D eigenvalue weighted by atomic mass is 10.2. The Bertz CT molecular complexity index is 590. The molecule has 18 heavy (non-hydrogen) atoms. The molecule has 0 saturated heterocycles. The molecule has 6 heteroatoms. The lowest BCUT2D eigenvalue weighted by Gasteiger charge is -2.03. The maximum absolute atomic E-state index is 11.8. The third kappa shape index (κ3) is 2.78. The maximum Gasteiger partial charge on any atom is 0.335 e. The van der Waals surface area contributed by atoms with Gasteiger partial charge in [0.05, 0.1) is 5.56 Å². The Morgan fingerprint density at radius 3 is 2.39 bits per heavy atom. The van der Waals surface area contributed by atoms with E-state index in [1.54, 1.807) is 24.4 Å². The van der Waals surface area contributed by atoms with Gasteiger partial charge in [-0.3, -0.25) is 4.79 Å². The van der Waals surface area contributed by atoms with Crippen molar-refractivity contribution < 1.29 is 14.7 Å². The normalized spacial score (nSPS) is 10.1. The van der Waals surface area contributed by atoms with Crippen molar-refractivity contribution in [3.05, 3.63) is 52.3 Å². The van der Waals surface area contributed by atoms with Crippen LogP contribution in [-0.4, -0.2) is 22.0 Å². The van der Waals surface area contributed by atoms with Crippen molar-refractivity contribution >= 4 is 33.5 Å². The molecule has 0 bridgehead atoms. The number of rotatable bonds is 3. The topological polar surface area (TPSA) is 82.2 Å². The Labute approximate surface area is 111 Å². The van der Waals surface area contributed by atoms with Gasteiger partial charge in [-0.15, -0.1) is 0 Å². The highest BCUT2D eigenvalue weighted by atomic mass is 79.9. The zero-order chi connectivity index (χ0) is 13.1. The minimum atomic E-state index is -0.999. The van der Waals surface area contributed by atoms with E-state index in [4.69, 9.17) is 5.11 Å². The summed E-state index contributed by atoms with van der Waals surface area (Å²) in [4.78, 5) is 25.2. The Morgan fingerprint density at radius 1 is 1.22 bits per heavy atom. The van der Waals surface area contributed by atoms with E-state index in [0.717, 1.165) is 4.47 Å². The second-order valence-corrected chi connectivity index (χ2v) is 4.48. The summed E-state index contributed by atoms with van der Waals surface area (Å²) >= 11 is 3.23. The van der Waals surface area contributed by atoms with Gasteiger partial charge in [0.15, 0.2) is 0 Å². The minimum absolute atomic E-state index is 0.176. The molecule has 0 saturated carbocycles. The first-order valence-corrected chi connectivity index (χ1v) is 5.84. The summed E-state index contributed by atoms with van der Waals surface area (Å²) in [6, 6.07) is 7.60. The summed E-state index contributed by atoms with van der Waals surface area (Å²) in [5.74, 6) is -1.29. The fourth-order valence-electron chi connectivity index (χ4n) is 1.39. The summed E-state index contributed by atoms with van der Waals surface area (Å²) in [5.41, 5.74) is 1.13. The van der Waals surface area contributed by atoms with Gasteiger partial charge >= 0.3 is 5.97 Å². The molecule has 2 rings (SSSR count). The molecular formula is C12H9BrN2O3. The second kappa shape index (κ2) is 5.05. The molecule has 3 N–H and O–H groups in total. The predicted octanol–water partition coefficient (Wildman–Crippen LogP) is 2.73. The van der Waals surface area contributed by atoms with Crippen LogP contribution in [-0.2, 0) is 0 Å². The van der Waals surface area contributed by atoms with E-state index in [1.807, 2.05) is 0 Å². The van der Waals surface area contributed by atoms with Crippen molar-refractivity contribution in [2.75, 3.05) is 5.32 Å². The molecule has 0 unspecified atom stereocenters. The van der Waals surface area contributed by atoms with Crippen LogP contribution in [0.3, 0.4) is 0 Å². The number of anilines is 1. The van der Waals surface area contributed by atoms with Gasteiger partial charge in [-0.1, -0.05) is 0 Å². The number of aromatic amines is 1. The lowest BCUT2D eigenvalue weighted by molar-refractivity contribution is 0.0696. The Kier molecular flexibility index (Phi) is 3.47. The van der Waals surface area contributed by atoms with Gasteiger partial charge < -0.3 is 15.4 Å². The lowest BCUT2D eigenvalue weighted by Crippen LogP contribution is -2.12. The van der Waals surface area contributed by atoms with Crippen LogP contribution < -0.4 is 5.32 Å². The minimum Gasteiger partial charge on any atom is -0.478 e. The van der Waals surface area contributed by atoms with Crippen molar-refractivity contribution in [1.82, 2.24) is 4.98 Å². The molecular weight excluding hydrogens is 300 g/mol. The highest BCUT2D eigenvalue weighted by Gasteiger charge is 2.08. The van der Waals surface area contributed by atoms with Crippen LogP contribution in [0.1, 0.15) is 20.8 Å². The van der Waals surface area contributed by atoms with Gasteiger partial charge in [0, 0.05) is 16.4 Å². The summed E-state index contributed by atoms with van der Waals surface area (Å²) in [6.07, 6.45) is 1.66. The van der Waals surface area contributed by atoms with Gasteiger partial charge in [0.2, 0.25) is 0 Å². The standard InChI is InChI=1S/C12H9BrN2O3/c13-8-5-10(14-6-8)11(16)15-9-3-1-7(2-4-9)12(17)18/h1-6,14H,(H,15,16)(H,17,18). The molecule has 0 spiro atoms. The van der Waals surface area contributed by atoms with Crippen LogP contribution in [0.15, 0.2) is 41.0 Å². The first kappa shape index (κ1) is 12.4. The molecule has 1 aromatic carbocycles. The number of benzene rings is 1. The van der Waals surface area contributed by atoms with E-state index >= 15 is 0 Å². The molecule has 2 aromatic rings. The van der Waals surface area contributed by atoms with Crippen molar-refractivity contribution in [3.8, 4) is 0 Å². The number of nitrogens with one attached hydrogen (secondary N) is 2. The van der Waals surface area contributed by atoms with Crippen molar-refractivity contribution in [2.45, 2.75) is 0 Å². The largest absolute Gasteiger partial charge is 0.478 e. The number of carbonyl (C=O) groups excluding carboxylic acids is 1. The molecule has 0 fully saturated rings. The zero-order valence-electron chi connectivity index (χ0n) is 9.11. The second-order valence-electron chi connectivity index (χ2n) is 3.57. The average Bonchev–Trinajstić information content (AvgIpc) is 2.76. The van der Waals surface area contributed by atoms with E-state index in [-0.39, 0.29) is 11.5 Å². The first-order chi connectivity index (χ1) is 8.56. The van der Waals surface area contributed by atoms with Crippen LogP contribution in [0, 0.1) is 0 Å². The SMILES string of the molecule is O=C(O)c1ccc(NC(=O)c2cc(Br)c[nH]2)cc1. The van der Waals surface area contributed by atoms with Crippen molar-refractivity contribution in [1.29, 1.82) is 0 Å². The van der Waals surface area contributed by atoms with Crippen molar-refractivity contribution in [3.63, 3.8) is 0 Å². The molecule has 1 amide bonds. The molecule has 0 aliphatic carbocycles. The summed E-state index contributed by atoms with van der Waals surface area (Å²) < 4.78 is 0.786. The van der Waals surface area contributed by atoms with Gasteiger partial charge in [-0.05, 0) is 46.3 Å². The number of aromatic carboxylic acids is 1. The summed E-state index contributed by atoms with van der Waals surface area (Å²) in [7, 11) is 0. The van der Waals surface area contributed by atoms with Gasteiger partial charge in [0.25, 0.3) is 5.91 Å². The number of hydrogen-bond donors (Lipinski definition) is 3. The molecule has 1 heterocycles. The highest BCUT2D eigenvalue weighted by molar-refractivity contribution is 9.10. The van der Waals surface area contributed by atoms with Gasteiger partial charge in [0.1, 0.15) is 5.69 Å². The van der Waals surface area contributed by atoms with E-state index in [2.05, 4.69) is 26.2 Å². The Hall–Kier alpha value is -2.08. The molecule has 0 radical (unpaired) electrons. The number of halogens is 1. The van der Waals surface area contributed by atoms with E-state index in [1.165, 1.54) is 12.1 Å². The quantitative estimate of drug-likeness (QED) is 0.815. The third-order valence-electron chi connectivity index (χ3n) is 2.28. The number of carbonyl (C=O) groups is 2. The molecule has 0 aliphatic rings. The monoisotopic (exact) mass is 308 g/mol. The summed E-state index contributed by atoms with van der Waals surface area (Å²) in [5, 5.41) is 11.4. The molecule has 0 aliphatic heterocycles. The predicted molar refractivity (Wildman–Crippen MR) is 69.8 cm³/mol. The van der Waals surface area contributed by atoms with Crippen LogP contribution in [0.4, 0.5) is 5.69 Å². The third-order valence-corrected chi connectivity index (χ3v) is 2.74. The van der Waals surface area contributed by atoms with E-state index < -0.39 is 5.97 Å². The number of hydrogen-bond acceptors (Lipinski definition) is 2. The van der Waals surface area contributed by atoms with Crippen molar-refractivity contribution in [2.24, 2.45) is 0 Å². The van der Waals surface area contributed by atoms with E-state index in [0.29, 0.717) is 11.4 Å². The molecule has 5 nitrogen and oxygen atoms in total. The number of carboxylic acids is 1. The smallest absolute Gasteiger partial charge is 0.335 e. The number of aromatic nitrogens is 1. The Balaban J connectivity index is 2.10. The highest BCUT2D eigenvalue weighted by Crippen LogP contribution is 2.14. The molecule has 0 atom stereocenters. The van der Waals surface area contributed by atoms with Crippen LogP contribution in [0.2, 0.25) is 0 Å². The number of amides is 1. The number of H-pyrrole nitrogens is 1. The van der Waals surface area contributed by atoms with E-state index in [9.17, 15) is 9.59 Å². The fraction of sp³-hybridized carbons (Fsp3) is 0. The first-order valence-electron chi connectivity index (χ1n) is 5.05. The zero-order valence-corrected chi connectivity index (χ0v) is 10.7. The maximum atomic E-state index is 11.8. The van der Waals surface area contributed by atoms with Crippen LogP contribution in [0.25, 0.3) is 0 Å². The van der Waals surface area contributed by atoms with Crippen LogP contribution >= 0.6 is 15.9 Å². The van der Waals surface area contributed by atoms with Crippen LogP contribution in [0.5, 0.6) is 0 Å². The van der Waals surface area contributed by atoms with Gasteiger partial charge in [-0.25, -0.2) is 4.79 Å². The fourth-order valence-corrected chi connectivity index (χ4v) is 1.74. The molecule has 1 aromatic heterocycles. The average molecular weight is 309 g/mol. The number of carboxylic acid groups (broad SMARTS) is 1. The Morgan fingerprint density at radius 2 is 1.89 bits per heavy atom. The summed E-state index contributed by atoms with van der Waals surface area (Å²) in [6.45, 7) is 0.